The SMILES string of the molecule is O=C(Cn1c(=O)/c(=C\c2ccsc2)s/c1=C\C(=O)c1ccco1)NC1CCCC1. The molecule has 3 aromatic heterocycles. The number of thiophene rings is 1. The van der Waals surface area contributed by atoms with E-state index in [0.29, 0.717) is 9.20 Å². The zero-order valence-electron chi connectivity index (χ0n) is 15.6. The minimum atomic E-state index is -0.344. The number of Topliss-reactive ketones (excluding diaryl/α,β-unsaturated/α-hetero) is 1. The monoisotopic (exact) mass is 428 g/mol. The number of ketones is 1. The average Bonchev–Trinajstić information content (AvgIpc) is 3.49. The van der Waals surface area contributed by atoms with Crippen molar-refractivity contribution < 1.29 is 14.0 Å². The maximum Gasteiger partial charge on any atom is 0.269 e. The molecule has 1 fully saturated rings. The highest BCUT2D eigenvalue weighted by atomic mass is 32.1. The molecule has 1 amide bonds. The Labute approximate surface area is 174 Å². The minimum absolute atomic E-state index is 0.111. The van der Waals surface area contributed by atoms with Gasteiger partial charge in [0.05, 0.1) is 10.8 Å². The summed E-state index contributed by atoms with van der Waals surface area (Å²) in [4.78, 5) is 38.0. The van der Waals surface area contributed by atoms with Gasteiger partial charge in [-0.3, -0.25) is 19.0 Å². The molecule has 1 aliphatic rings. The van der Waals surface area contributed by atoms with Crippen molar-refractivity contribution in [1.29, 1.82) is 0 Å². The first-order chi connectivity index (χ1) is 14.1. The van der Waals surface area contributed by atoms with Crippen molar-refractivity contribution in [1.82, 2.24) is 9.88 Å². The minimum Gasteiger partial charge on any atom is -0.461 e. The number of rotatable bonds is 6. The molecule has 1 saturated carbocycles. The van der Waals surface area contributed by atoms with Crippen LogP contribution in [0.2, 0.25) is 0 Å². The van der Waals surface area contributed by atoms with Crippen LogP contribution in [0.5, 0.6) is 0 Å². The van der Waals surface area contributed by atoms with Gasteiger partial charge in [0.15, 0.2) is 5.76 Å². The Bertz CT molecular complexity index is 1160. The van der Waals surface area contributed by atoms with Crippen LogP contribution in [0.25, 0.3) is 12.2 Å². The van der Waals surface area contributed by atoms with Crippen LogP contribution in [0.15, 0.2) is 44.4 Å². The molecule has 150 valence electrons. The number of carbonyl (C=O) groups is 2. The predicted molar refractivity (Wildman–Crippen MR) is 114 cm³/mol. The number of amides is 1. The van der Waals surface area contributed by atoms with Crippen molar-refractivity contribution in [3.05, 3.63) is 66.1 Å². The highest BCUT2D eigenvalue weighted by Crippen LogP contribution is 2.17. The lowest BCUT2D eigenvalue weighted by Gasteiger charge is -2.11. The Morgan fingerprint density at radius 2 is 2.10 bits per heavy atom. The summed E-state index contributed by atoms with van der Waals surface area (Å²) < 4.78 is 7.43. The Kier molecular flexibility index (Phi) is 5.92. The lowest BCUT2D eigenvalue weighted by molar-refractivity contribution is -0.122. The van der Waals surface area contributed by atoms with Gasteiger partial charge in [-0.05, 0) is 53.4 Å². The van der Waals surface area contributed by atoms with Gasteiger partial charge in [-0.2, -0.15) is 11.3 Å². The summed E-state index contributed by atoms with van der Waals surface area (Å²) in [6.45, 7) is -0.111. The zero-order valence-corrected chi connectivity index (χ0v) is 17.3. The largest absolute Gasteiger partial charge is 0.461 e. The van der Waals surface area contributed by atoms with Gasteiger partial charge in [-0.1, -0.05) is 12.8 Å². The van der Waals surface area contributed by atoms with Crippen molar-refractivity contribution >= 4 is 46.5 Å². The van der Waals surface area contributed by atoms with E-state index in [9.17, 15) is 14.4 Å². The van der Waals surface area contributed by atoms with E-state index < -0.39 is 0 Å². The van der Waals surface area contributed by atoms with E-state index >= 15 is 0 Å². The molecule has 0 atom stereocenters. The molecule has 29 heavy (non-hydrogen) atoms. The number of aromatic nitrogens is 1. The van der Waals surface area contributed by atoms with Crippen LogP contribution < -0.4 is 20.1 Å². The van der Waals surface area contributed by atoms with Gasteiger partial charge < -0.3 is 9.73 Å². The Morgan fingerprint density at radius 1 is 1.28 bits per heavy atom. The summed E-state index contributed by atoms with van der Waals surface area (Å²) in [7, 11) is 0. The fourth-order valence-electron chi connectivity index (χ4n) is 3.39. The first kappa shape index (κ1) is 19.6. The number of thiazole rings is 1. The van der Waals surface area contributed by atoms with Crippen LogP contribution in [-0.4, -0.2) is 22.3 Å². The summed E-state index contributed by atoms with van der Waals surface area (Å²) in [6.07, 6.45) is 8.73. The van der Waals surface area contributed by atoms with Crippen LogP contribution in [0.4, 0.5) is 0 Å². The van der Waals surface area contributed by atoms with E-state index in [1.54, 1.807) is 18.2 Å². The predicted octanol–water partition coefficient (Wildman–Crippen LogP) is 2.12. The summed E-state index contributed by atoms with van der Waals surface area (Å²) in [6, 6.07) is 5.29. The molecule has 0 bridgehead atoms. The van der Waals surface area contributed by atoms with Crippen LogP contribution in [0.1, 0.15) is 41.8 Å². The molecule has 0 saturated heterocycles. The van der Waals surface area contributed by atoms with Gasteiger partial charge in [0.1, 0.15) is 11.2 Å². The molecule has 3 heterocycles. The number of hydrogen-bond acceptors (Lipinski definition) is 6. The van der Waals surface area contributed by atoms with E-state index in [4.69, 9.17) is 4.42 Å². The number of hydrogen-bond donors (Lipinski definition) is 1. The van der Waals surface area contributed by atoms with Crippen LogP contribution >= 0.6 is 22.7 Å². The molecule has 8 heteroatoms. The lowest BCUT2D eigenvalue weighted by atomic mass is 10.2. The third-order valence-electron chi connectivity index (χ3n) is 4.82. The number of carbonyl (C=O) groups excluding carboxylic acids is 2. The van der Waals surface area contributed by atoms with E-state index in [1.165, 1.54) is 39.6 Å². The van der Waals surface area contributed by atoms with Crippen LogP contribution in [0.3, 0.4) is 0 Å². The van der Waals surface area contributed by atoms with Crippen LogP contribution in [-0.2, 0) is 11.3 Å². The van der Waals surface area contributed by atoms with Gasteiger partial charge in [0, 0.05) is 12.1 Å². The summed E-state index contributed by atoms with van der Waals surface area (Å²) in [5.41, 5.74) is 0.640. The molecule has 1 N–H and O–H groups in total. The third kappa shape index (κ3) is 4.65. The lowest BCUT2D eigenvalue weighted by Crippen LogP contribution is -2.41. The van der Waals surface area contributed by atoms with E-state index in [2.05, 4.69) is 5.32 Å². The van der Waals surface area contributed by atoms with Gasteiger partial charge in [0.2, 0.25) is 11.7 Å². The molecular weight excluding hydrogens is 408 g/mol. The maximum absolute atomic E-state index is 13.0. The quantitative estimate of drug-likeness (QED) is 0.610. The fraction of sp³-hybridized carbons (Fsp3) is 0.286. The maximum atomic E-state index is 13.0. The molecule has 6 nitrogen and oxygen atoms in total. The molecule has 3 aromatic rings. The molecule has 0 aliphatic heterocycles. The first-order valence-corrected chi connectivity index (χ1v) is 11.2. The smallest absolute Gasteiger partial charge is 0.269 e. The molecule has 0 unspecified atom stereocenters. The summed E-state index contributed by atoms with van der Waals surface area (Å²) in [5.74, 6) is -0.363. The van der Waals surface area contributed by atoms with Gasteiger partial charge in [-0.15, -0.1) is 11.3 Å². The normalized spacial score (nSPS) is 15.9. The average molecular weight is 429 g/mol. The third-order valence-corrected chi connectivity index (χ3v) is 6.58. The van der Waals surface area contributed by atoms with Crippen molar-refractivity contribution in [3.8, 4) is 0 Å². The second-order valence-corrected chi connectivity index (χ2v) is 8.77. The Hall–Kier alpha value is -2.71. The summed E-state index contributed by atoms with van der Waals surface area (Å²) >= 11 is 2.74. The fourth-order valence-corrected chi connectivity index (χ4v) is 5.05. The van der Waals surface area contributed by atoms with Gasteiger partial charge in [-0.25, -0.2) is 0 Å². The van der Waals surface area contributed by atoms with E-state index in [1.807, 2.05) is 16.8 Å². The Morgan fingerprint density at radius 3 is 2.79 bits per heavy atom. The first-order valence-electron chi connectivity index (χ1n) is 9.42. The number of nitrogens with one attached hydrogen (secondary N) is 1. The highest BCUT2D eigenvalue weighted by molar-refractivity contribution is 7.08. The van der Waals surface area contributed by atoms with Gasteiger partial charge in [0.25, 0.3) is 5.56 Å². The molecule has 0 spiro atoms. The van der Waals surface area contributed by atoms with Crippen molar-refractivity contribution in [3.63, 3.8) is 0 Å². The topological polar surface area (TPSA) is 81.3 Å². The molecule has 0 aromatic carbocycles. The molecule has 4 rings (SSSR count). The van der Waals surface area contributed by atoms with Crippen LogP contribution in [0, 0.1) is 0 Å². The Balaban J connectivity index is 1.71. The highest BCUT2D eigenvalue weighted by Gasteiger charge is 2.18. The molecular formula is C21H20N2O4S2. The van der Waals surface area contributed by atoms with Gasteiger partial charge >= 0.3 is 0 Å². The second kappa shape index (κ2) is 8.75. The number of nitrogens with zero attached hydrogens (tertiary/aromatic N) is 1. The van der Waals surface area contributed by atoms with Crippen molar-refractivity contribution in [2.75, 3.05) is 0 Å². The van der Waals surface area contributed by atoms with E-state index in [-0.39, 0.29) is 35.6 Å². The zero-order chi connectivity index (χ0) is 20.2. The van der Waals surface area contributed by atoms with E-state index in [0.717, 1.165) is 31.2 Å². The molecule has 0 radical (unpaired) electrons. The summed E-state index contributed by atoms with van der Waals surface area (Å²) in [5, 5.41) is 6.87. The standard InChI is InChI=1S/C21H20N2O4S2/c24-16(17-6-3-8-27-17)11-20-23(12-19(25)22-15-4-1-2-5-15)21(26)18(29-20)10-14-7-9-28-13-14/h3,6-11,13,15H,1-2,4-5,12H2,(H,22,25)/b18-10+,20-11-. The van der Waals surface area contributed by atoms with Crippen molar-refractivity contribution in [2.24, 2.45) is 0 Å². The number of furan rings is 1. The molecule has 1 aliphatic carbocycles. The second-order valence-electron chi connectivity index (χ2n) is 6.93. The van der Waals surface area contributed by atoms with Crippen molar-refractivity contribution in [2.45, 2.75) is 38.3 Å².